The summed E-state index contributed by atoms with van der Waals surface area (Å²) in [5, 5.41) is 2.88. The molecule has 0 spiro atoms. The third-order valence-corrected chi connectivity index (χ3v) is 5.99. The first-order chi connectivity index (χ1) is 11.2. The van der Waals surface area contributed by atoms with Gasteiger partial charge in [0.1, 0.15) is 4.90 Å². The number of sulfonamides is 1. The quantitative estimate of drug-likeness (QED) is 0.719. The van der Waals surface area contributed by atoms with Crippen LogP contribution in [0.1, 0.15) is 6.92 Å². The zero-order valence-electron chi connectivity index (χ0n) is 12.4. The monoisotopic (exact) mass is 450 g/mol. The van der Waals surface area contributed by atoms with Crippen molar-refractivity contribution < 1.29 is 13.2 Å². The molecule has 0 aromatic heterocycles. The molecule has 2 aromatic rings. The van der Waals surface area contributed by atoms with Gasteiger partial charge in [0.05, 0.1) is 16.8 Å². The molecule has 0 unspecified atom stereocenters. The standard InChI is InChI=1S/C15H13BrCl2N2O3S/c1-9(15(21)19-13-5-3-2-4-11(13)16)20-24(22,23)14-8-10(17)6-7-12(14)18/h2-9,20H,1H3,(H,19,21)/t9-/m0/s1. The summed E-state index contributed by atoms with van der Waals surface area (Å²) in [6.45, 7) is 1.43. The van der Waals surface area contributed by atoms with Crippen molar-refractivity contribution in [2.75, 3.05) is 5.32 Å². The molecule has 0 bridgehead atoms. The van der Waals surface area contributed by atoms with Gasteiger partial charge in [0.15, 0.2) is 0 Å². The molecule has 1 amide bonds. The zero-order valence-corrected chi connectivity index (χ0v) is 16.3. The molecule has 2 aromatic carbocycles. The first kappa shape index (κ1) is 19.2. The molecule has 0 heterocycles. The average molecular weight is 452 g/mol. The number of benzene rings is 2. The molecular weight excluding hydrogens is 439 g/mol. The smallest absolute Gasteiger partial charge is 0.242 e. The Kier molecular flexibility index (Phi) is 6.28. The van der Waals surface area contributed by atoms with Gasteiger partial charge < -0.3 is 5.32 Å². The second-order valence-corrected chi connectivity index (χ2v) is 8.27. The number of carbonyl (C=O) groups excluding carboxylic acids is 1. The van der Waals surface area contributed by atoms with Crippen LogP contribution in [-0.4, -0.2) is 20.4 Å². The summed E-state index contributed by atoms with van der Waals surface area (Å²) in [7, 11) is -4.00. The number of amides is 1. The molecule has 1 atom stereocenters. The van der Waals surface area contributed by atoms with Crippen LogP contribution >= 0.6 is 39.1 Å². The van der Waals surface area contributed by atoms with Crippen LogP contribution in [0, 0.1) is 0 Å². The Labute approximate surface area is 158 Å². The maximum absolute atomic E-state index is 12.4. The van der Waals surface area contributed by atoms with E-state index in [4.69, 9.17) is 23.2 Å². The lowest BCUT2D eigenvalue weighted by atomic mass is 10.3. The molecule has 0 aliphatic heterocycles. The van der Waals surface area contributed by atoms with Gasteiger partial charge in [0.25, 0.3) is 0 Å². The van der Waals surface area contributed by atoms with E-state index >= 15 is 0 Å². The van der Waals surface area contributed by atoms with Crippen molar-refractivity contribution in [3.05, 3.63) is 57.0 Å². The van der Waals surface area contributed by atoms with Crippen molar-refractivity contribution in [2.45, 2.75) is 17.9 Å². The predicted molar refractivity (Wildman–Crippen MR) is 99.0 cm³/mol. The number of para-hydroxylation sites is 1. The van der Waals surface area contributed by atoms with Crippen LogP contribution in [0.15, 0.2) is 51.8 Å². The Bertz CT molecular complexity index is 875. The Hall–Kier alpha value is -1.12. The third kappa shape index (κ3) is 4.70. The highest BCUT2D eigenvalue weighted by molar-refractivity contribution is 9.10. The van der Waals surface area contributed by atoms with Gasteiger partial charge in [-0.15, -0.1) is 0 Å². The van der Waals surface area contributed by atoms with Crippen LogP contribution in [0.2, 0.25) is 10.0 Å². The third-order valence-electron chi connectivity index (χ3n) is 3.04. The highest BCUT2D eigenvalue weighted by Crippen LogP contribution is 2.25. The maximum Gasteiger partial charge on any atom is 0.242 e. The van der Waals surface area contributed by atoms with Crippen LogP contribution in [0.3, 0.4) is 0 Å². The lowest BCUT2D eigenvalue weighted by Crippen LogP contribution is -2.41. The van der Waals surface area contributed by atoms with Crippen LogP contribution in [0.25, 0.3) is 0 Å². The number of anilines is 1. The van der Waals surface area contributed by atoms with Gasteiger partial charge in [0, 0.05) is 9.50 Å². The van der Waals surface area contributed by atoms with Crippen molar-refractivity contribution in [2.24, 2.45) is 0 Å². The van der Waals surface area contributed by atoms with Crippen LogP contribution in [0.4, 0.5) is 5.69 Å². The SMILES string of the molecule is C[C@H](NS(=O)(=O)c1cc(Cl)ccc1Cl)C(=O)Nc1ccccc1Br. The Morgan fingerprint density at radius 1 is 1.17 bits per heavy atom. The molecule has 2 N–H and O–H groups in total. The molecule has 0 saturated heterocycles. The number of halogens is 3. The Balaban J connectivity index is 2.16. The van der Waals surface area contributed by atoms with Crippen LogP contribution in [-0.2, 0) is 14.8 Å². The minimum absolute atomic E-state index is 0.0188. The first-order valence-electron chi connectivity index (χ1n) is 6.73. The molecule has 0 fully saturated rings. The summed E-state index contributed by atoms with van der Waals surface area (Å²) >= 11 is 15.0. The minimum Gasteiger partial charge on any atom is -0.324 e. The van der Waals surface area contributed by atoms with Gasteiger partial charge in [-0.25, -0.2) is 8.42 Å². The molecule has 0 radical (unpaired) electrons. The lowest BCUT2D eigenvalue weighted by Gasteiger charge is -2.16. The number of rotatable bonds is 5. The summed E-state index contributed by atoms with van der Waals surface area (Å²) in [6, 6.07) is 10.1. The van der Waals surface area contributed by atoms with E-state index in [9.17, 15) is 13.2 Å². The van der Waals surface area contributed by atoms with Gasteiger partial charge in [-0.2, -0.15) is 4.72 Å². The highest BCUT2D eigenvalue weighted by atomic mass is 79.9. The molecule has 0 aliphatic carbocycles. The first-order valence-corrected chi connectivity index (χ1v) is 9.76. The normalized spacial score (nSPS) is 12.7. The van der Waals surface area contributed by atoms with Crippen molar-refractivity contribution in [1.29, 1.82) is 0 Å². The summed E-state index contributed by atoms with van der Waals surface area (Å²) in [4.78, 5) is 12.0. The van der Waals surface area contributed by atoms with E-state index in [1.54, 1.807) is 24.3 Å². The fraction of sp³-hybridized carbons (Fsp3) is 0.133. The van der Waals surface area contributed by atoms with Gasteiger partial charge >= 0.3 is 0 Å². The second-order valence-electron chi connectivity index (χ2n) is 4.89. The number of carbonyl (C=O) groups is 1. The number of nitrogens with one attached hydrogen (secondary N) is 2. The van der Waals surface area contributed by atoms with E-state index in [0.29, 0.717) is 10.2 Å². The van der Waals surface area contributed by atoms with E-state index in [-0.39, 0.29) is 14.9 Å². The Morgan fingerprint density at radius 2 is 1.83 bits per heavy atom. The molecule has 9 heteroatoms. The molecule has 24 heavy (non-hydrogen) atoms. The van der Waals surface area contributed by atoms with E-state index in [2.05, 4.69) is 26.0 Å². The van der Waals surface area contributed by atoms with E-state index in [1.807, 2.05) is 0 Å². The number of hydrogen-bond donors (Lipinski definition) is 2. The van der Waals surface area contributed by atoms with E-state index < -0.39 is 22.0 Å². The molecule has 2 rings (SSSR count). The largest absolute Gasteiger partial charge is 0.324 e. The van der Waals surface area contributed by atoms with Crippen molar-refractivity contribution >= 4 is 60.7 Å². The van der Waals surface area contributed by atoms with E-state index in [0.717, 1.165) is 0 Å². The predicted octanol–water partition coefficient (Wildman–Crippen LogP) is 4.06. The average Bonchev–Trinajstić information content (AvgIpc) is 2.51. The zero-order chi connectivity index (χ0) is 17.9. The van der Waals surface area contributed by atoms with Crippen molar-refractivity contribution in [1.82, 2.24) is 4.72 Å². The number of hydrogen-bond acceptors (Lipinski definition) is 3. The van der Waals surface area contributed by atoms with Crippen molar-refractivity contribution in [3.63, 3.8) is 0 Å². The topological polar surface area (TPSA) is 75.3 Å². The second kappa shape index (κ2) is 7.84. The fourth-order valence-corrected chi connectivity index (χ4v) is 4.19. The summed E-state index contributed by atoms with van der Waals surface area (Å²) in [5.41, 5.74) is 0.536. The van der Waals surface area contributed by atoms with Gasteiger partial charge in [0.2, 0.25) is 15.9 Å². The molecule has 0 aliphatic rings. The maximum atomic E-state index is 12.4. The molecule has 5 nitrogen and oxygen atoms in total. The lowest BCUT2D eigenvalue weighted by molar-refractivity contribution is -0.117. The van der Waals surface area contributed by atoms with Crippen LogP contribution in [0.5, 0.6) is 0 Å². The molecule has 128 valence electrons. The fourth-order valence-electron chi connectivity index (χ4n) is 1.84. The van der Waals surface area contributed by atoms with Gasteiger partial charge in [-0.05, 0) is 53.2 Å². The summed E-state index contributed by atoms with van der Waals surface area (Å²) < 4.78 is 27.8. The van der Waals surface area contributed by atoms with Crippen molar-refractivity contribution in [3.8, 4) is 0 Å². The van der Waals surface area contributed by atoms with Gasteiger partial charge in [-0.1, -0.05) is 35.3 Å². The summed E-state index contributed by atoms with van der Waals surface area (Å²) in [5.74, 6) is -0.511. The molecular formula is C15H13BrCl2N2O3S. The van der Waals surface area contributed by atoms with Crippen LogP contribution < -0.4 is 10.0 Å². The molecule has 0 saturated carbocycles. The highest BCUT2D eigenvalue weighted by Gasteiger charge is 2.24. The minimum atomic E-state index is -4.00. The van der Waals surface area contributed by atoms with E-state index in [1.165, 1.54) is 25.1 Å². The Morgan fingerprint density at radius 3 is 2.50 bits per heavy atom. The summed E-state index contributed by atoms with van der Waals surface area (Å²) in [6.07, 6.45) is 0. The van der Waals surface area contributed by atoms with Gasteiger partial charge in [-0.3, -0.25) is 4.79 Å².